The molecule has 0 bridgehead atoms. The van der Waals surface area contributed by atoms with Crippen LogP contribution in [0, 0.1) is 17.6 Å². The maximum Gasteiger partial charge on any atom is 0.408 e. The van der Waals surface area contributed by atoms with Gasteiger partial charge in [-0.3, -0.25) is 24.7 Å². The van der Waals surface area contributed by atoms with Crippen molar-refractivity contribution in [2.75, 3.05) is 16.9 Å². The molecule has 2 aromatic carbocycles. The van der Waals surface area contributed by atoms with Crippen LogP contribution in [0.2, 0.25) is 0 Å². The SMILES string of the molecule is CC(C)[C@H](NCN(C(=O)O)[C@@H](C)C=O)C(=O)N1c2ccccc2C[C@H]1C(=O)Nc1c(F)cccc1F. The standard InChI is InChI=1S/C25H28F2N4O5/c1-14(2)21(28-13-30(25(35)36)15(3)12-32)24(34)31-19-10-5-4-7-16(19)11-20(31)23(33)29-22-17(26)8-6-9-18(22)27/h4-10,12,14-15,20-21,28H,11,13H2,1-3H3,(H,29,33)(H,35,36)/t15-,20-,21-/m0/s1. The van der Waals surface area contributed by atoms with Crippen LogP contribution in [-0.4, -0.2) is 59.0 Å². The molecule has 0 saturated heterocycles. The van der Waals surface area contributed by atoms with Gasteiger partial charge in [0.1, 0.15) is 29.6 Å². The van der Waals surface area contributed by atoms with Gasteiger partial charge < -0.3 is 15.2 Å². The first kappa shape index (κ1) is 26.7. The van der Waals surface area contributed by atoms with E-state index >= 15 is 0 Å². The van der Waals surface area contributed by atoms with E-state index in [-0.39, 0.29) is 19.0 Å². The predicted octanol–water partition coefficient (Wildman–Crippen LogP) is 3.00. The highest BCUT2D eigenvalue weighted by molar-refractivity contribution is 6.09. The van der Waals surface area contributed by atoms with Crippen LogP contribution < -0.4 is 15.5 Å². The lowest BCUT2D eigenvalue weighted by Crippen LogP contribution is -2.57. The molecule has 3 atom stereocenters. The maximum absolute atomic E-state index is 14.2. The number of anilines is 2. The summed E-state index contributed by atoms with van der Waals surface area (Å²) >= 11 is 0. The van der Waals surface area contributed by atoms with E-state index in [2.05, 4.69) is 10.6 Å². The van der Waals surface area contributed by atoms with Gasteiger partial charge >= 0.3 is 6.09 Å². The number of carboxylic acid groups (broad SMARTS) is 1. The highest BCUT2D eigenvalue weighted by Crippen LogP contribution is 2.34. The van der Waals surface area contributed by atoms with Crippen molar-refractivity contribution in [1.29, 1.82) is 0 Å². The number of benzene rings is 2. The van der Waals surface area contributed by atoms with Crippen molar-refractivity contribution in [2.24, 2.45) is 5.92 Å². The fraction of sp³-hybridized carbons (Fsp3) is 0.360. The largest absolute Gasteiger partial charge is 0.465 e. The molecule has 0 aliphatic carbocycles. The van der Waals surface area contributed by atoms with Gasteiger partial charge in [-0.2, -0.15) is 0 Å². The molecule has 1 aliphatic heterocycles. The molecule has 0 saturated carbocycles. The Morgan fingerprint density at radius 3 is 2.33 bits per heavy atom. The highest BCUT2D eigenvalue weighted by Gasteiger charge is 2.42. The Bertz CT molecular complexity index is 1140. The van der Waals surface area contributed by atoms with Crippen molar-refractivity contribution in [3.05, 3.63) is 59.7 Å². The summed E-state index contributed by atoms with van der Waals surface area (Å²) in [4.78, 5) is 51.8. The van der Waals surface area contributed by atoms with Crippen LogP contribution in [0.5, 0.6) is 0 Å². The number of fused-ring (bicyclic) bond motifs is 1. The topological polar surface area (TPSA) is 119 Å². The van der Waals surface area contributed by atoms with Crippen molar-refractivity contribution in [3.8, 4) is 0 Å². The molecular weight excluding hydrogens is 474 g/mol. The average Bonchev–Trinajstić information content (AvgIpc) is 3.22. The summed E-state index contributed by atoms with van der Waals surface area (Å²) in [6.07, 6.45) is -0.744. The van der Waals surface area contributed by atoms with Gasteiger partial charge in [0.15, 0.2) is 0 Å². The molecule has 0 radical (unpaired) electrons. The number of nitrogens with zero attached hydrogens (tertiary/aromatic N) is 2. The minimum absolute atomic E-state index is 0.123. The molecule has 0 fully saturated rings. The van der Waals surface area contributed by atoms with E-state index in [4.69, 9.17) is 0 Å². The van der Waals surface area contributed by atoms with E-state index in [1.165, 1.54) is 17.9 Å². The van der Waals surface area contributed by atoms with Crippen molar-refractivity contribution < 1.29 is 33.1 Å². The van der Waals surface area contributed by atoms with Crippen LogP contribution in [0.15, 0.2) is 42.5 Å². The number of carbonyl (C=O) groups is 4. The second-order valence-corrected chi connectivity index (χ2v) is 8.86. The molecule has 9 nitrogen and oxygen atoms in total. The van der Waals surface area contributed by atoms with Gasteiger partial charge in [0.25, 0.3) is 0 Å². The van der Waals surface area contributed by atoms with E-state index < -0.39 is 53.4 Å². The molecule has 3 amide bonds. The van der Waals surface area contributed by atoms with Crippen LogP contribution in [0.25, 0.3) is 0 Å². The molecule has 0 spiro atoms. The Hall–Kier alpha value is -3.86. The van der Waals surface area contributed by atoms with Crippen LogP contribution in [-0.2, 0) is 20.8 Å². The lowest BCUT2D eigenvalue weighted by atomic mass is 10.0. The Labute approximate surface area is 207 Å². The Morgan fingerprint density at radius 2 is 1.75 bits per heavy atom. The van der Waals surface area contributed by atoms with Gasteiger partial charge in [0.05, 0.1) is 18.8 Å². The number of nitrogens with one attached hydrogen (secondary N) is 2. The van der Waals surface area contributed by atoms with Crippen LogP contribution in [0.4, 0.5) is 25.0 Å². The van der Waals surface area contributed by atoms with Gasteiger partial charge in [0.2, 0.25) is 11.8 Å². The predicted molar refractivity (Wildman–Crippen MR) is 128 cm³/mol. The molecular formula is C25H28F2N4O5. The second kappa shape index (κ2) is 11.3. The number of hydrogen-bond acceptors (Lipinski definition) is 5. The highest BCUT2D eigenvalue weighted by atomic mass is 19.1. The van der Waals surface area contributed by atoms with Gasteiger partial charge in [-0.25, -0.2) is 13.6 Å². The first-order valence-corrected chi connectivity index (χ1v) is 11.4. The number of hydrogen-bond donors (Lipinski definition) is 3. The van der Waals surface area contributed by atoms with Gasteiger partial charge in [-0.05, 0) is 36.6 Å². The number of carbonyl (C=O) groups excluding carboxylic acids is 3. The van der Waals surface area contributed by atoms with Crippen LogP contribution in [0.1, 0.15) is 26.3 Å². The molecule has 36 heavy (non-hydrogen) atoms. The Balaban J connectivity index is 1.90. The van der Waals surface area contributed by atoms with Crippen molar-refractivity contribution in [3.63, 3.8) is 0 Å². The summed E-state index contributed by atoms with van der Waals surface area (Å²) < 4.78 is 28.3. The second-order valence-electron chi connectivity index (χ2n) is 8.86. The molecule has 0 unspecified atom stereocenters. The van der Waals surface area contributed by atoms with Gasteiger partial charge in [0, 0.05) is 12.1 Å². The monoisotopic (exact) mass is 502 g/mol. The Kier molecular flexibility index (Phi) is 8.36. The number of aldehydes is 1. The number of halogens is 2. The summed E-state index contributed by atoms with van der Waals surface area (Å²) in [5.74, 6) is -3.52. The molecule has 192 valence electrons. The number of para-hydroxylation sites is 2. The third-order valence-electron chi connectivity index (χ3n) is 6.08. The maximum atomic E-state index is 14.2. The smallest absolute Gasteiger partial charge is 0.408 e. The van der Waals surface area contributed by atoms with E-state index in [0.29, 0.717) is 17.5 Å². The van der Waals surface area contributed by atoms with Crippen molar-refractivity contribution in [1.82, 2.24) is 10.2 Å². The molecule has 3 N–H and O–H groups in total. The van der Waals surface area contributed by atoms with Crippen LogP contribution >= 0.6 is 0 Å². The summed E-state index contributed by atoms with van der Waals surface area (Å²) in [7, 11) is 0. The molecule has 11 heteroatoms. The normalized spacial score (nSPS) is 16.3. The van der Waals surface area contributed by atoms with E-state index in [1.807, 2.05) is 0 Å². The molecule has 1 aliphatic rings. The van der Waals surface area contributed by atoms with Gasteiger partial charge in [-0.1, -0.05) is 38.1 Å². The first-order chi connectivity index (χ1) is 17.1. The lowest BCUT2D eigenvalue weighted by Gasteiger charge is -2.33. The number of rotatable bonds is 9. The summed E-state index contributed by atoms with van der Waals surface area (Å²) in [6, 6.07) is 7.09. The Morgan fingerprint density at radius 1 is 1.11 bits per heavy atom. The summed E-state index contributed by atoms with van der Waals surface area (Å²) in [6.45, 7) is 4.59. The third kappa shape index (κ3) is 5.51. The lowest BCUT2D eigenvalue weighted by molar-refractivity contribution is -0.125. The van der Waals surface area contributed by atoms with E-state index in [0.717, 1.165) is 17.0 Å². The molecule has 1 heterocycles. The zero-order chi connectivity index (χ0) is 26.6. The van der Waals surface area contributed by atoms with Crippen LogP contribution in [0.3, 0.4) is 0 Å². The first-order valence-electron chi connectivity index (χ1n) is 11.4. The summed E-state index contributed by atoms with van der Waals surface area (Å²) in [5, 5.41) is 14.6. The molecule has 3 rings (SSSR count). The summed E-state index contributed by atoms with van der Waals surface area (Å²) in [5.41, 5.74) is 0.564. The van der Waals surface area contributed by atoms with Gasteiger partial charge in [-0.15, -0.1) is 0 Å². The average molecular weight is 503 g/mol. The molecule has 2 aromatic rings. The fourth-order valence-corrected chi connectivity index (χ4v) is 4.11. The third-order valence-corrected chi connectivity index (χ3v) is 6.08. The molecule has 0 aromatic heterocycles. The van der Waals surface area contributed by atoms with Crippen molar-refractivity contribution >= 4 is 35.6 Å². The minimum atomic E-state index is -1.34. The number of amides is 3. The van der Waals surface area contributed by atoms with Crippen molar-refractivity contribution in [2.45, 2.75) is 45.3 Å². The zero-order valence-corrected chi connectivity index (χ0v) is 20.1. The minimum Gasteiger partial charge on any atom is -0.465 e. The zero-order valence-electron chi connectivity index (χ0n) is 20.1. The fourth-order valence-electron chi connectivity index (χ4n) is 4.11. The van der Waals surface area contributed by atoms with E-state index in [1.54, 1.807) is 38.1 Å². The quantitative estimate of drug-likeness (QED) is 0.358. The van der Waals surface area contributed by atoms with E-state index in [9.17, 15) is 33.1 Å².